The molecule has 24 heavy (non-hydrogen) atoms. The molecule has 0 aliphatic carbocycles. The van der Waals surface area contributed by atoms with E-state index in [1.807, 2.05) is 0 Å². The molecule has 0 aliphatic rings. The minimum Gasteiger partial charge on any atom is -0.406 e. The zero-order chi connectivity index (χ0) is 18.0. The highest BCUT2D eigenvalue weighted by molar-refractivity contribution is 5.38. The molecule has 0 saturated carbocycles. The summed E-state index contributed by atoms with van der Waals surface area (Å²) in [5.41, 5.74) is -0.484. The molecular formula is C14H11F6N3O. The van der Waals surface area contributed by atoms with Crippen LogP contribution in [0.5, 0.6) is 5.75 Å². The van der Waals surface area contributed by atoms with Crippen LogP contribution in [0.25, 0.3) is 0 Å². The molecule has 0 unspecified atom stereocenters. The summed E-state index contributed by atoms with van der Waals surface area (Å²) in [6, 6.07) is 7.09. The lowest BCUT2D eigenvalue weighted by atomic mass is 10.2. The first-order chi connectivity index (χ1) is 11.0. The van der Waals surface area contributed by atoms with E-state index in [0.717, 1.165) is 24.3 Å². The number of ether oxygens (including phenoxy) is 1. The van der Waals surface area contributed by atoms with Crippen LogP contribution >= 0.6 is 0 Å². The van der Waals surface area contributed by atoms with Crippen LogP contribution in [-0.4, -0.2) is 23.6 Å². The van der Waals surface area contributed by atoms with Crippen molar-refractivity contribution in [2.24, 2.45) is 0 Å². The lowest BCUT2D eigenvalue weighted by Crippen LogP contribution is -2.19. The minimum absolute atomic E-state index is 0.193. The standard InChI is InChI=1S/C14H11F6N3O/c1-23(12-7-6-11(21-22-12)13(15,16)17)8-9-2-4-10(5-3-9)24-14(18,19)20/h2-7H,8H2,1H3. The minimum atomic E-state index is -4.77. The Morgan fingerprint density at radius 2 is 1.54 bits per heavy atom. The van der Waals surface area contributed by atoms with Gasteiger partial charge in [-0.2, -0.15) is 13.2 Å². The van der Waals surface area contributed by atoms with Gasteiger partial charge in [-0.05, 0) is 29.8 Å². The summed E-state index contributed by atoms with van der Waals surface area (Å²) in [5, 5.41) is 6.60. The zero-order valence-corrected chi connectivity index (χ0v) is 12.2. The van der Waals surface area contributed by atoms with Crippen molar-refractivity contribution in [3.8, 4) is 5.75 Å². The Labute approximate surface area is 132 Å². The Balaban J connectivity index is 2.03. The van der Waals surface area contributed by atoms with Gasteiger partial charge in [-0.1, -0.05) is 12.1 Å². The quantitative estimate of drug-likeness (QED) is 0.780. The predicted octanol–water partition coefficient (Wildman–Crippen LogP) is 4.03. The maximum atomic E-state index is 12.4. The second-order valence-corrected chi connectivity index (χ2v) is 4.82. The normalized spacial score (nSPS) is 12.1. The van der Waals surface area contributed by atoms with Gasteiger partial charge in [0, 0.05) is 13.6 Å². The third-order valence-electron chi connectivity index (χ3n) is 2.91. The number of aromatic nitrogens is 2. The highest BCUT2D eigenvalue weighted by atomic mass is 19.4. The molecular weight excluding hydrogens is 340 g/mol. The smallest absolute Gasteiger partial charge is 0.406 e. The van der Waals surface area contributed by atoms with Gasteiger partial charge in [0.1, 0.15) is 5.75 Å². The van der Waals surface area contributed by atoms with E-state index < -0.39 is 18.2 Å². The van der Waals surface area contributed by atoms with E-state index in [2.05, 4.69) is 14.9 Å². The molecule has 4 nitrogen and oxygen atoms in total. The van der Waals surface area contributed by atoms with E-state index in [4.69, 9.17) is 0 Å². The first-order valence-corrected chi connectivity index (χ1v) is 6.51. The fourth-order valence-corrected chi connectivity index (χ4v) is 1.83. The Bertz CT molecular complexity index is 667. The number of hydrogen-bond acceptors (Lipinski definition) is 4. The van der Waals surface area contributed by atoms with Crippen molar-refractivity contribution in [1.82, 2.24) is 10.2 Å². The fraction of sp³-hybridized carbons (Fsp3) is 0.286. The number of hydrogen-bond donors (Lipinski definition) is 0. The highest BCUT2D eigenvalue weighted by Crippen LogP contribution is 2.28. The van der Waals surface area contributed by atoms with Gasteiger partial charge in [0.25, 0.3) is 0 Å². The molecule has 0 saturated heterocycles. The summed E-state index contributed by atoms with van der Waals surface area (Å²) in [6.45, 7) is 0.215. The van der Waals surface area contributed by atoms with E-state index in [9.17, 15) is 26.3 Å². The van der Waals surface area contributed by atoms with Crippen molar-refractivity contribution in [3.63, 3.8) is 0 Å². The summed E-state index contributed by atoms with van der Waals surface area (Å²) >= 11 is 0. The van der Waals surface area contributed by atoms with Crippen molar-refractivity contribution in [1.29, 1.82) is 0 Å². The number of rotatable bonds is 4. The third-order valence-corrected chi connectivity index (χ3v) is 2.91. The second-order valence-electron chi connectivity index (χ2n) is 4.82. The van der Waals surface area contributed by atoms with Gasteiger partial charge in [-0.3, -0.25) is 0 Å². The van der Waals surface area contributed by atoms with Crippen molar-refractivity contribution >= 4 is 5.82 Å². The molecule has 0 radical (unpaired) electrons. The molecule has 2 aromatic rings. The highest BCUT2D eigenvalue weighted by Gasteiger charge is 2.33. The van der Waals surface area contributed by atoms with Crippen molar-refractivity contribution < 1.29 is 31.1 Å². The second kappa shape index (κ2) is 6.54. The molecule has 0 aliphatic heterocycles. The van der Waals surface area contributed by atoms with Crippen LogP contribution in [0.1, 0.15) is 11.3 Å². The van der Waals surface area contributed by atoms with Gasteiger partial charge in [-0.15, -0.1) is 23.4 Å². The van der Waals surface area contributed by atoms with Crippen molar-refractivity contribution in [2.45, 2.75) is 19.1 Å². The van der Waals surface area contributed by atoms with Crippen LogP contribution in [0.4, 0.5) is 32.2 Å². The Morgan fingerprint density at radius 3 is 2.00 bits per heavy atom. The molecule has 1 heterocycles. The number of nitrogens with zero attached hydrogens (tertiary/aromatic N) is 3. The van der Waals surface area contributed by atoms with Crippen LogP contribution in [-0.2, 0) is 12.7 Å². The van der Waals surface area contributed by atoms with Gasteiger partial charge in [0.15, 0.2) is 11.5 Å². The maximum Gasteiger partial charge on any atom is 0.573 e. The molecule has 2 rings (SSSR count). The molecule has 0 bridgehead atoms. The SMILES string of the molecule is CN(Cc1ccc(OC(F)(F)F)cc1)c1ccc(C(F)(F)F)nn1. The Kier molecular flexibility index (Phi) is 4.86. The van der Waals surface area contributed by atoms with Gasteiger partial charge in [0.05, 0.1) is 0 Å². The van der Waals surface area contributed by atoms with E-state index in [1.165, 1.54) is 17.0 Å². The van der Waals surface area contributed by atoms with Gasteiger partial charge < -0.3 is 9.64 Å². The summed E-state index contributed by atoms with van der Waals surface area (Å²) < 4.78 is 77.2. The number of alkyl halides is 6. The van der Waals surface area contributed by atoms with Crippen LogP contribution in [0.15, 0.2) is 36.4 Å². The summed E-state index contributed by atoms with van der Waals surface area (Å²) in [5.74, 6) is -0.165. The molecule has 0 N–H and O–H groups in total. The third kappa shape index (κ3) is 5.00. The molecule has 130 valence electrons. The number of benzene rings is 1. The van der Waals surface area contributed by atoms with Gasteiger partial charge in [0.2, 0.25) is 0 Å². The molecule has 1 aromatic carbocycles. The monoisotopic (exact) mass is 351 g/mol. The zero-order valence-electron chi connectivity index (χ0n) is 12.2. The van der Waals surface area contributed by atoms with E-state index in [-0.39, 0.29) is 18.1 Å². The van der Waals surface area contributed by atoms with Crippen LogP contribution in [0.3, 0.4) is 0 Å². The molecule has 0 spiro atoms. The topological polar surface area (TPSA) is 38.2 Å². The van der Waals surface area contributed by atoms with E-state index >= 15 is 0 Å². The molecule has 1 aromatic heterocycles. The average Bonchev–Trinajstić information content (AvgIpc) is 2.47. The maximum absolute atomic E-state index is 12.4. The largest absolute Gasteiger partial charge is 0.573 e. The van der Waals surface area contributed by atoms with E-state index in [0.29, 0.717) is 5.56 Å². The first-order valence-electron chi connectivity index (χ1n) is 6.51. The molecule has 0 atom stereocenters. The Hall–Kier alpha value is -2.52. The van der Waals surface area contributed by atoms with Gasteiger partial charge in [-0.25, -0.2) is 0 Å². The molecule has 10 heteroatoms. The Morgan fingerprint density at radius 1 is 0.917 bits per heavy atom. The van der Waals surface area contributed by atoms with Crippen LogP contribution in [0.2, 0.25) is 0 Å². The first kappa shape index (κ1) is 17.8. The van der Waals surface area contributed by atoms with E-state index in [1.54, 1.807) is 7.05 Å². The van der Waals surface area contributed by atoms with Crippen molar-refractivity contribution in [3.05, 3.63) is 47.7 Å². The lowest BCUT2D eigenvalue weighted by Gasteiger charge is -2.18. The summed E-state index contributed by atoms with van der Waals surface area (Å²) in [6.07, 6.45) is -9.34. The van der Waals surface area contributed by atoms with Crippen LogP contribution in [0, 0.1) is 0 Å². The fourth-order valence-electron chi connectivity index (χ4n) is 1.83. The predicted molar refractivity (Wildman–Crippen MR) is 72.3 cm³/mol. The number of halogens is 6. The lowest BCUT2D eigenvalue weighted by molar-refractivity contribution is -0.274. The van der Waals surface area contributed by atoms with Crippen molar-refractivity contribution in [2.75, 3.05) is 11.9 Å². The molecule has 0 amide bonds. The average molecular weight is 351 g/mol. The summed E-state index contributed by atoms with van der Waals surface area (Å²) in [4.78, 5) is 1.51. The number of anilines is 1. The van der Waals surface area contributed by atoms with Gasteiger partial charge >= 0.3 is 12.5 Å². The summed E-state index contributed by atoms with van der Waals surface area (Å²) in [7, 11) is 1.57. The molecule has 0 fully saturated rings. The van der Waals surface area contributed by atoms with Crippen LogP contribution < -0.4 is 9.64 Å².